The summed E-state index contributed by atoms with van der Waals surface area (Å²) in [6.45, 7) is 6.19. The molecule has 0 aliphatic heterocycles. The predicted molar refractivity (Wildman–Crippen MR) is 142 cm³/mol. The Morgan fingerprint density at radius 3 is 2.25 bits per heavy atom. The first-order valence-electron chi connectivity index (χ1n) is 11.9. The number of nitrogens with zero attached hydrogens (tertiary/aromatic N) is 1. The van der Waals surface area contributed by atoms with Gasteiger partial charge in [0.1, 0.15) is 30.5 Å². The number of hydrogen-bond donors (Lipinski definition) is 1. The van der Waals surface area contributed by atoms with Gasteiger partial charge in [-0.1, -0.05) is 50.2 Å². The molecule has 2 N–H and O–H groups in total. The van der Waals surface area contributed by atoms with Crippen molar-refractivity contribution in [1.82, 2.24) is 4.57 Å². The second-order valence-electron chi connectivity index (χ2n) is 7.95. The van der Waals surface area contributed by atoms with E-state index < -0.39 is 5.91 Å². The minimum Gasteiger partial charge on any atom is -0.489 e. The lowest BCUT2D eigenvalue weighted by atomic mass is 10.1. The largest absolute Gasteiger partial charge is 0.489 e. The van der Waals surface area contributed by atoms with Gasteiger partial charge < -0.3 is 24.5 Å². The van der Waals surface area contributed by atoms with Gasteiger partial charge in [-0.15, -0.1) is 0 Å². The monoisotopic (exact) mass is 488 g/mol. The summed E-state index contributed by atoms with van der Waals surface area (Å²) in [5.41, 5.74) is 8.50. The number of aryl methyl sites for hydroxylation is 2. The number of ether oxygens (including phenoxy) is 3. The number of carbonyl (C=O) groups excluding carboxylic acids is 1. The molecule has 0 aliphatic carbocycles. The van der Waals surface area contributed by atoms with Gasteiger partial charge in [0.2, 0.25) is 0 Å². The maximum atomic E-state index is 12.4. The highest BCUT2D eigenvalue weighted by Gasteiger charge is 2.10. The molecule has 0 fully saturated rings. The van der Waals surface area contributed by atoms with E-state index in [0.29, 0.717) is 22.6 Å². The molecule has 0 unspecified atom stereocenters. The molecular weight excluding hydrogens is 456 g/mol. The highest BCUT2D eigenvalue weighted by molar-refractivity contribution is 5.79. The number of fused-ring (bicyclic) bond motifs is 1. The van der Waals surface area contributed by atoms with Crippen LogP contribution in [0.5, 0.6) is 17.2 Å². The van der Waals surface area contributed by atoms with Gasteiger partial charge in [-0.3, -0.25) is 9.59 Å². The Morgan fingerprint density at radius 1 is 0.861 bits per heavy atom. The van der Waals surface area contributed by atoms with Gasteiger partial charge in [0.05, 0.1) is 11.2 Å². The van der Waals surface area contributed by atoms with Crippen LogP contribution in [0.2, 0.25) is 0 Å². The molecule has 0 atom stereocenters. The van der Waals surface area contributed by atoms with Crippen LogP contribution in [0.25, 0.3) is 10.9 Å². The summed E-state index contributed by atoms with van der Waals surface area (Å²) in [4.78, 5) is 23.6. The van der Waals surface area contributed by atoms with Crippen molar-refractivity contribution in [3.8, 4) is 17.2 Å². The summed E-state index contributed by atoms with van der Waals surface area (Å²) in [7, 11) is 1.92. The van der Waals surface area contributed by atoms with E-state index in [9.17, 15) is 9.59 Å². The number of carbonyl (C=O) groups is 1. The Bertz CT molecular complexity index is 1390. The van der Waals surface area contributed by atoms with E-state index >= 15 is 0 Å². The van der Waals surface area contributed by atoms with Crippen LogP contribution in [0.1, 0.15) is 30.7 Å². The van der Waals surface area contributed by atoms with Crippen LogP contribution in [0.15, 0.2) is 77.6 Å². The number of pyridine rings is 1. The van der Waals surface area contributed by atoms with E-state index in [1.807, 2.05) is 93.0 Å². The molecule has 0 bridgehead atoms. The number of aromatic nitrogens is 1. The van der Waals surface area contributed by atoms with Crippen molar-refractivity contribution in [2.75, 3.05) is 6.61 Å². The zero-order valence-corrected chi connectivity index (χ0v) is 21.1. The predicted octanol–water partition coefficient (Wildman–Crippen LogP) is 4.90. The van der Waals surface area contributed by atoms with Crippen molar-refractivity contribution >= 4 is 16.8 Å². The fraction of sp³-hybridized carbons (Fsp3) is 0.241. The first-order chi connectivity index (χ1) is 17.4. The third-order valence-corrected chi connectivity index (χ3v) is 5.50. The Hall–Kier alpha value is -4.26. The summed E-state index contributed by atoms with van der Waals surface area (Å²) in [6.07, 6.45) is 0. The number of benzene rings is 3. The first kappa shape index (κ1) is 26.3. The lowest BCUT2D eigenvalue weighted by molar-refractivity contribution is -0.119. The zero-order chi connectivity index (χ0) is 26.1. The van der Waals surface area contributed by atoms with Crippen LogP contribution < -0.4 is 25.4 Å². The lowest BCUT2D eigenvalue weighted by Gasteiger charge is -2.15. The van der Waals surface area contributed by atoms with Crippen molar-refractivity contribution in [1.29, 1.82) is 0 Å². The van der Waals surface area contributed by atoms with Crippen LogP contribution in [-0.4, -0.2) is 17.1 Å². The van der Waals surface area contributed by atoms with E-state index in [0.717, 1.165) is 22.3 Å². The standard InChI is InChI=1S/C27H26N2O5.C2H6/c1-18-7-5-8-19(27(18)34-17-26(28)31)15-32-21-9-6-10-22(14-21)33-16-20-13-25(30)23-11-3-4-12-24(23)29(20)2;1-2/h3-14H,15-17H2,1-2H3,(H2,28,31);1-2H3. The van der Waals surface area contributed by atoms with Gasteiger partial charge in [0.15, 0.2) is 12.0 Å². The third kappa shape index (κ3) is 6.44. The molecule has 1 aromatic heterocycles. The topological polar surface area (TPSA) is 92.8 Å². The Labute approximate surface area is 211 Å². The summed E-state index contributed by atoms with van der Waals surface area (Å²) >= 11 is 0. The average molecular weight is 489 g/mol. The fourth-order valence-corrected chi connectivity index (χ4v) is 3.74. The van der Waals surface area contributed by atoms with Crippen LogP contribution in [0, 0.1) is 6.92 Å². The van der Waals surface area contributed by atoms with Crippen LogP contribution in [0.4, 0.5) is 0 Å². The molecule has 7 heteroatoms. The molecule has 1 heterocycles. The highest BCUT2D eigenvalue weighted by Crippen LogP contribution is 2.26. The summed E-state index contributed by atoms with van der Waals surface area (Å²) in [6, 6.07) is 22.1. The van der Waals surface area contributed by atoms with Crippen molar-refractivity contribution in [2.45, 2.75) is 34.0 Å². The summed E-state index contributed by atoms with van der Waals surface area (Å²) in [5.74, 6) is 1.29. The van der Waals surface area contributed by atoms with Crippen molar-refractivity contribution < 1.29 is 19.0 Å². The minimum absolute atomic E-state index is 0.0307. The molecule has 3 aromatic carbocycles. The molecule has 188 valence electrons. The van der Waals surface area contributed by atoms with Gasteiger partial charge >= 0.3 is 0 Å². The van der Waals surface area contributed by atoms with E-state index in [2.05, 4.69) is 0 Å². The van der Waals surface area contributed by atoms with Gasteiger partial charge in [0.25, 0.3) is 5.91 Å². The molecule has 0 aliphatic rings. The Morgan fingerprint density at radius 2 is 1.53 bits per heavy atom. The van der Waals surface area contributed by atoms with Crippen LogP contribution >= 0.6 is 0 Å². The van der Waals surface area contributed by atoms with Crippen molar-refractivity contribution in [3.05, 3.63) is 99.8 Å². The molecule has 4 aromatic rings. The third-order valence-electron chi connectivity index (χ3n) is 5.50. The maximum absolute atomic E-state index is 12.4. The fourth-order valence-electron chi connectivity index (χ4n) is 3.74. The summed E-state index contributed by atoms with van der Waals surface area (Å²) < 4.78 is 19.5. The molecule has 0 radical (unpaired) electrons. The van der Waals surface area contributed by atoms with E-state index in [1.54, 1.807) is 12.1 Å². The van der Waals surface area contributed by atoms with Gasteiger partial charge in [-0.05, 0) is 36.8 Å². The molecule has 7 nitrogen and oxygen atoms in total. The van der Waals surface area contributed by atoms with E-state index in [1.165, 1.54) is 0 Å². The highest BCUT2D eigenvalue weighted by atomic mass is 16.5. The van der Waals surface area contributed by atoms with Crippen LogP contribution in [0.3, 0.4) is 0 Å². The molecule has 36 heavy (non-hydrogen) atoms. The maximum Gasteiger partial charge on any atom is 0.255 e. The number of para-hydroxylation sites is 2. The Kier molecular flexibility index (Phi) is 9.11. The van der Waals surface area contributed by atoms with Gasteiger partial charge in [0, 0.05) is 30.1 Å². The van der Waals surface area contributed by atoms with Crippen LogP contribution in [-0.2, 0) is 25.1 Å². The molecule has 0 saturated carbocycles. The van der Waals surface area contributed by atoms with Gasteiger partial charge in [-0.2, -0.15) is 0 Å². The average Bonchev–Trinajstić information content (AvgIpc) is 2.89. The molecule has 1 amide bonds. The number of rotatable bonds is 9. The minimum atomic E-state index is -0.538. The summed E-state index contributed by atoms with van der Waals surface area (Å²) in [5, 5.41) is 0.680. The number of nitrogens with two attached hydrogens (primary N) is 1. The first-order valence-corrected chi connectivity index (χ1v) is 11.9. The SMILES string of the molecule is CC.Cc1cccc(COc2cccc(OCc3cc(=O)c4ccccc4n3C)c2)c1OCC(N)=O. The molecule has 0 spiro atoms. The quantitative estimate of drug-likeness (QED) is 0.362. The Balaban J connectivity index is 0.00000176. The second-order valence-corrected chi connectivity index (χ2v) is 7.95. The lowest BCUT2D eigenvalue weighted by Crippen LogP contribution is -2.21. The number of amides is 1. The van der Waals surface area contributed by atoms with E-state index in [-0.39, 0.29) is 25.2 Å². The molecule has 4 rings (SSSR count). The second kappa shape index (κ2) is 12.4. The normalized spacial score (nSPS) is 10.3. The molecule has 0 saturated heterocycles. The number of hydrogen-bond acceptors (Lipinski definition) is 5. The zero-order valence-electron chi connectivity index (χ0n) is 21.1. The smallest absolute Gasteiger partial charge is 0.255 e. The van der Waals surface area contributed by atoms with Crippen molar-refractivity contribution in [3.63, 3.8) is 0 Å². The van der Waals surface area contributed by atoms with Gasteiger partial charge in [-0.25, -0.2) is 0 Å². The number of primary amides is 1. The molecular formula is C29H32N2O5. The van der Waals surface area contributed by atoms with E-state index in [4.69, 9.17) is 19.9 Å². The van der Waals surface area contributed by atoms with Crippen molar-refractivity contribution in [2.24, 2.45) is 12.8 Å².